The molecule has 16 heavy (non-hydrogen) atoms. The maximum Gasteiger partial charge on any atom is 0.255 e. The number of benzene rings is 1. The van der Waals surface area contributed by atoms with Crippen molar-refractivity contribution < 1.29 is 4.79 Å². The van der Waals surface area contributed by atoms with E-state index < -0.39 is 0 Å². The largest absolute Gasteiger partial charge is 0.290 e. The maximum absolute atomic E-state index is 11.4. The Morgan fingerprint density at radius 1 is 1.44 bits per heavy atom. The van der Waals surface area contributed by atoms with E-state index in [9.17, 15) is 4.79 Å². The minimum Gasteiger partial charge on any atom is -0.290 e. The fraction of sp³-hybridized carbons (Fsp3) is 0.273. The van der Waals surface area contributed by atoms with Crippen LogP contribution < -0.4 is 10.9 Å². The standard InChI is InChI=1S/C11H14N4O/c1-8-9-5-3-4-6-10(9)15(14-8)7-11(16)13-12-2/h3-6,12H,7H2,1-2H3,(H,13,16). The third-order valence-electron chi connectivity index (χ3n) is 2.40. The van der Waals surface area contributed by atoms with Crippen LogP contribution in [-0.4, -0.2) is 22.7 Å². The second-order valence-corrected chi connectivity index (χ2v) is 3.56. The highest BCUT2D eigenvalue weighted by Gasteiger charge is 2.08. The minimum atomic E-state index is -0.115. The minimum absolute atomic E-state index is 0.115. The van der Waals surface area contributed by atoms with E-state index in [1.54, 1.807) is 11.7 Å². The molecule has 1 aromatic heterocycles. The third-order valence-corrected chi connectivity index (χ3v) is 2.40. The summed E-state index contributed by atoms with van der Waals surface area (Å²) in [5.74, 6) is -0.115. The molecular formula is C11H14N4O. The van der Waals surface area contributed by atoms with Gasteiger partial charge in [0.05, 0.1) is 11.2 Å². The number of aryl methyl sites for hydroxylation is 1. The van der Waals surface area contributed by atoms with Crippen molar-refractivity contribution in [1.82, 2.24) is 20.6 Å². The molecule has 1 heterocycles. The van der Waals surface area contributed by atoms with E-state index in [2.05, 4.69) is 16.0 Å². The van der Waals surface area contributed by atoms with E-state index in [4.69, 9.17) is 0 Å². The summed E-state index contributed by atoms with van der Waals surface area (Å²) in [4.78, 5) is 11.4. The van der Waals surface area contributed by atoms with Gasteiger partial charge in [0.15, 0.2) is 0 Å². The molecule has 1 aromatic carbocycles. The monoisotopic (exact) mass is 218 g/mol. The number of nitrogens with zero attached hydrogens (tertiary/aromatic N) is 2. The molecule has 84 valence electrons. The van der Waals surface area contributed by atoms with Crippen LogP contribution >= 0.6 is 0 Å². The average molecular weight is 218 g/mol. The van der Waals surface area contributed by atoms with Crippen molar-refractivity contribution in [1.29, 1.82) is 0 Å². The number of carbonyl (C=O) groups is 1. The summed E-state index contributed by atoms with van der Waals surface area (Å²) in [7, 11) is 1.66. The number of fused-ring (bicyclic) bond motifs is 1. The van der Waals surface area contributed by atoms with Gasteiger partial charge in [-0.3, -0.25) is 14.9 Å². The first-order chi connectivity index (χ1) is 7.72. The first-order valence-electron chi connectivity index (χ1n) is 5.10. The van der Waals surface area contributed by atoms with Gasteiger partial charge in [-0.2, -0.15) is 5.10 Å². The molecule has 5 heteroatoms. The van der Waals surface area contributed by atoms with Crippen LogP contribution in [0.25, 0.3) is 10.9 Å². The van der Waals surface area contributed by atoms with E-state index in [-0.39, 0.29) is 12.5 Å². The van der Waals surface area contributed by atoms with Crippen molar-refractivity contribution in [2.75, 3.05) is 7.05 Å². The molecule has 0 aliphatic heterocycles. The Labute approximate surface area is 93.4 Å². The summed E-state index contributed by atoms with van der Waals surface area (Å²) in [6.45, 7) is 2.16. The zero-order valence-electron chi connectivity index (χ0n) is 9.32. The lowest BCUT2D eigenvalue weighted by atomic mass is 10.2. The third kappa shape index (κ3) is 1.90. The van der Waals surface area contributed by atoms with Gasteiger partial charge in [-0.25, -0.2) is 5.43 Å². The van der Waals surface area contributed by atoms with Crippen LogP contribution in [-0.2, 0) is 11.3 Å². The van der Waals surface area contributed by atoms with Crippen molar-refractivity contribution in [3.8, 4) is 0 Å². The summed E-state index contributed by atoms with van der Waals surface area (Å²) in [6.07, 6.45) is 0. The van der Waals surface area contributed by atoms with Crippen molar-refractivity contribution >= 4 is 16.8 Å². The Kier molecular flexibility index (Phi) is 2.87. The summed E-state index contributed by atoms with van der Waals surface area (Å²) in [5, 5.41) is 5.42. The average Bonchev–Trinajstić information content (AvgIpc) is 2.57. The number of hydrazine groups is 1. The highest BCUT2D eigenvalue weighted by Crippen LogP contribution is 2.16. The van der Waals surface area contributed by atoms with Crippen molar-refractivity contribution in [3.63, 3.8) is 0 Å². The highest BCUT2D eigenvalue weighted by atomic mass is 16.2. The molecule has 0 fully saturated rings. The lowest BCUT2D eigenvalue weighted by Crippen LogP contribution is -2.36. The normalized spacial score (nSPS) is 10.6. The number of nitrogens with one attached hydrogen (secondary N) is 2. The molecule has 0 atom stereocenters. The molecule has 0 spiro atoms. The molecule has 5 nitrogen and oxygen atoms in total. The summed E-state index contributed by atoms with van der Waals surface area (Å²) < 4.78 is 1.71. The van der Waals surface area contributed by atoms with Crippen molar-refractivity contribution in [2.24, 2.45) is 0 Å². The topological polar surface area (TPSA) is 58.9 Å². The predicted molar refractivity (Wildman–Crippen MR) is 61.7 cm³/mol. The molecule has 0 saturated heterocycles. The molecular weight excluding hydrogens is 204 g/mol. The van der Waals surface area contributed by atoms with Gasteiger partial charge in [0, 0.05) is 12.4 Å². The number of carbonyl (C=O) groups excluding carboxylic acids is 1. The quantitative estimate of drug-likeness (QED) is 0.741. The zero-order valence-corrected chi connectivity index (χ0v) is 9.32. The summed E-state index contributed by atoms with van der Waals surface area (Å²) in [5.41, 5.74) is 7.04. The SMILES string of the molecule is CNNC(=O)Cn1nc(C)c2ccccc21. The Hall–Kier alpha value is -1.88. The highest BCUT2D eigenvalue weighted by molar-refractivity contribution is 5.84. The molecule has 0 aliphatic carbocycles. The number of aromatic nitrogens is 2. The van der Waals surface area contributed by atoms with Gasteiger partial charge in [0.2, 0.25) is 0 Å². The number of hydrogen-bond donors (Lipinski definition) is 2. The Bertz CT molecular complexity index is 518. The van der Waals surface area contributed by atoms with Crippen LogP contribution in [0.5, 0.6) is 0 Å². The van der Waals surface area contributed by atoms with Crippen LogP contribution in [0.2, 0.25) is 0 Å². The van der Waals surface area contributed by atoms with Gasteiger partial charge in [-0.15, -0.1) is 0 Å². The summed E-state index contributed by atoms with van der Waals surface area (Å²) >= 11 is 0. The lowest BCUT2D eigenvalue weighted by Gasteiger charge is -2.03. The zero-order chi connectivity index (χ0) is 11.5. The number of amides is 1. The number of rotatable bonds is 3. The lowest BCUT2D eigenvalue weighted by molar-refractivity contribution is -0.122. The van der Waals surface area contributed by atoms with E-state index in [1.807, 2.05) is 31.2 Å². The molecule has 0 aliphatic rings. The van der Waals surface area contributed by atoms with Gasteiger partial charge in [0.1, 0.15) is 6.54 Å². The Morgan fingerprint density at radius 2 is 2.19 bits per heavy atom. The molecule has 2 aromatic rings. The molecule has 0 saturated carbocycles. The molecule has 2 rings (SSSR count). The number of para-hydroxylation sites is 1. The Balaban J connectivity index is 2.34. The van der Waals surface area contributed by atoms with Gasteiger partial charge < -0.3 is 0 Å². The van der Waals surface area contributed by atoms with Crippen LogP contribution in [0.4, 0.5) is 0 Å². The fourth-order valence-corrected chi connectivity index (χ4v) is 1.73. The fourth-order valence-electron chi connectivity index (χ4n) is 1.73. The van der Waals surface area contributed by atoms with Crippen molar-refractivity contribution in [3.05, 3.63) is 30.0 Å². The van der Waals surface area contributed by atoms with Gasteiger partial charge in [-0.1, -0.05) is 18.2 Å². The van der Waals surface area contributed by atoms with E-state index >= 15 is 0 Å². The van der Waals surface area contributed by atoms with E-state index in [1.165, 1.54) is 0 Å². The van der Waals surface area contributed by atoms with Gasteiger partial charge in [0.25, 0.3) is 5.91 Å². The smallest absolute Gasteiger partial charge is 0.255 e. The summed E-state index contributed by atoms with van der Waals surface area (Å²) in [6, 6.07) is 7.87. The van der Waals surface area contributed by atoms with E-state index in [0.29, 0.717) is 0 Å². The Morgan fingerprint density at radius 3 is 2.94 bits per heavy atom. The van der Waals surface area contributed by atoms with Crippen LogP contribution in [0.15, 0.2) is 24.3 Å². The first-order valence-corrected chi connectivity index (χ1v) is 5.10. The molecule has 0 unspecified atom stereocenters. The van der Waals surface area contributed by atoms with Crippen molar-refractivity contribution in [2.45, 2.75) is 13.5 Å². The molecule has 1 amide bonds. The van der Waals surface area contributed by atoms with Gasteiger partial charge >= 0.3 is 0 Å². The number of hydrogen-bond acceptors (Lipinski definition) is 3. The van der Waals surface area contributed by atoms with Crippen LogP contribution in [0.3, 0.4) is 0 Å². The van der Waals surface area contributed by atoms with E-state index in [0.717, 1.165) is 16.6 Å². The molecule has 0 bridgehead atoms. The maximum atomic E-state index is 11.4. The van der Waals surface area contributed by atoms with Crippen LogP contribution in [0, 0.1) is 6.92 Å². The second-order valence-electron chi connectivity index (χ2n) is 3.56. The van der Waals surface area contributed by atoms with Crippen LogP contribution in [0.1, 0.15) is 5.69 Å². The first kappa shape index (κ1) is 10.6. The second kappa shape index (κ2) is 4.32. The van der Waals surface area contributed by atoms with Gasteiger partial charge in [-0.05, 0) is 13.0 Å². The molecule has 2 N–H and O–H groups in total. The predicted octanol–water partition coefficient (Wildman–Crippen LogP) is 0.595. The molecule has 0 radical (unpaired) electrons.